The van der Waals surface area contributed by atoms with Gasteiger partial charge in [0.05, 0.1) is 7.11 Å². The number of carbonyl (C=O) groups is 1. The lowest BCUT2D eigenvalue weighted by Gasteiger charge is -1.96. The summed E-state index contributed by atoms with van der Waals surface area (Å²) in [5, 5.41) is 0. The van der Waals surface area contributed by atoms with Crippen LogP contribution in [0.25, 0.3) is 0 Å². The first-order chi connectivity index (χ1) is 3.18. The molecule has 0 unspecified atom stereocenters. The molecular formula is C4H7BrO2. The van der Waals surface area contributed by atoms with Crippen LogP contribution in [0.3, 0.4) is 0 Å². The Morgan fingerprint density at radius 1 is 1.86 bits per heavy atom. The summed E-state index contributed by atoms with van der Waals surface area (Å²) in [5.74, 6) is -0.236. The average molecular weight is 167 g/mol. The fourth-order valence-corrected chi connectivity index (χ4v) is 0.349. The molecule has 0 aliphatic heterocycles. The van der Waals surface area contributed by atoms with Gasteiger partial charge in [-0.05, 0) is 6.92 Å². The van der Waals surface area contributed by atoms with Crippen LogP contribution in [0, 0.1) is 0 Å². The molecule has 42 valence electrons. The molecule has 0 aliphatic carbocycles. The Balaban J connectivity index is 3.35. The number of hydrogen-bond donors (Lipinski definition) is 0. The third kappa shape index (κ3) is 2.62. The van der Waals surface area contributed by atoms with E-state index in [1.807, 2.05) is 0 Å². The lowest BCUT2D eigenvalue weighted by Crippen LogP contribution is -2.10. The molecule has 2 nitrogen and oxygen atoms in total. The smallest absolute Gasteiger partial charge is 0.319 e. The molecule has 0 rings (SSSR count). The predicted octanol–water partition coefficient (Wildman–Crippen LogP) is 0.943. The monoisotopic (exact) mass is 166 g/mol. The van der Waals surface area contributed by atoms with Gasteiger partial charge in [0.2, 0.25) is 0 Å². The Hall–Kier alpha value is -0.0500. The van der Waals surface area contributed by atoms with E-state index in [9.17, 15) is 4.79 Å². The van der Waals surface area contributed by atoms with Crippen molar-refractivity contribution in [3.05, 3.63) is 0 Å². The van der Waals surface area contributed by atoms with Gasteiger partial charge in [0.15, 0.2) is 0 Å². The van der Waals surface area contributed by atoms with Gasteiger partial charge in [-0.3, -0.25) is 4.79 Å². The van der Waals surface area contributed by atoms with Crippen molar-refractivity contribution in [1.82, 2.24) is 0 Å². The van der Waals surface area contributed by atoms with E-state index < -0.39 is 0 Å². The number of hydrogen-bond acceptors (Lipinski definition) is 2. The van der Waals surface area contributed by atoms with Crippen LogP contribution in [-0.4, -0.2) is 17.9 Å². The molecule has 0 aliphatic rings. The van der Waals surface area contributed by atoms with Gasteiger partial charge in [-0.25, -0.2) is 0 Å². The number of rotatable bonds is 1. The number of halogens is 1. The van der Waals surface area contributed by atoms with Gasteiger partial charge >= 0.3 is 5.97 Å². The van der Waals surface area contributed by atoms with Crippen molar-refractivity contribution >= 4 is 21.9 Å². The van der Waals surface area contributed by atoms with E-state index in [0.717, 1.165) is 0 Å². The average Bonchev–Trinajstić information content (AvgIpc) is 1.65. The second-order valence-corrected chi connectivity index (χ2v) is 2.51. The summed E-state index contributed by atoms with van der Waals surface area (Å²) in [6.45, 7) is 1.71. The third-order valence-corrected chi connectivity index (χ3v) is 0.900. The molecule has 1 atom stereocenters. The highest BCUT2D eigenvalue weighted by atomic mass is 79.9. The maximum absolute atomic E-state index is 10.2. The molecule has 0 aromatic carbocycles. The molecule has 0 bridgehead atoms. The van der Waals surface area contributed by atoms with E-state index in [1.165, 1.54) is 7.11 Å². The van der Waals surface area contributed by atoms with Crippen LogP contribution < -0.4 is 0 Å². The predicted molar refractivity (Wildman–Crippen MR) is 30.4 cm³/mol. The van der Waals surface area contributed by atoms with Gasteiger partial charge in [0.1, 0.15) is 4.83 Å². The van der Waals surface area contributed by atoms with Crippen LogP contribution in [0.2, 0.25) is 0 Å². The van der Waals surface area contributed by atoms with Crippen molar-refractivity contribution in [2.75, 3.05) is 7.11 Å². The first-order valence-corrected chi connectivity index (χ1v) is 2.82. The van der Waals surface area contributed by atoms with Crippen molar-refractivity contribution < 1.29 is 9.53 Å². The molecular weight excluding hydrogens is 160 g/mol. The molecule has 0 amide bonds. The second-order valence-electron chi connectivity index (χ2n) is 1.14. The van der Waals surface area contributed by atoms with E-state index in [1.54, 1.807) is 6.92 Å². The van der Waals surface area contributed by atoms with Crippen molar-refractivity contribution in [3.63, 3.8) is 0 Å². The van der Waals surface area contributed by atoms with E-state index in [2.05, 4.69) is 20.7 Å². The first-order valence-electron chi connectivity index (χ1n) is 1.90. The molecule has 3 heteroatoms. The highest BCUT2D eigenvalue weighted by Crippen LogP contribution is 1.97. The summed E-state index contributed by atoms with van der Waals surface area (Å²) in [4.78, 5) is 10.1. The molecule has 0 fully saturated rings. The highest BCUT2D eigenvalue weighted by molar-refractivity contribution is 9.10. The van der Waals surface area contributed by atoms with Crippen molar-refractivity contribution in [2.24, 2.45) is 0 Å². The van der Waals surface area contributed by atoms with Crippen LogP contribution in [0.5, 0.6) is 0 Å². The Labute approximate surface area is 51.0 Å². The second kappa shape index (κ2) is 3.02. The number of methoxy groups -OCH3 is 1. The Bertz CT molecular complexity index is 70.1. The van der Waals surface area contributed by atoms with Crippen molar-refractivity contribution in [2.45, 2.75) is 11.8 Å². The standard InChI is InChI=1S/C4H7BrO2/c1-3(5)4(6)7-2/h3H,1-2H3/t3-/m0/s1. The minimum absolute atomic E-state index is 0.183. The maximum atomic E-state index is 10.2. The summed E-state index contributed by atoms with van der Waals surface area (Å²) in [6, 6.07) is 0. The van der Waals surface area contributed by atoms with Crippen molar-refractivity contribution in [1.29, 1.82) is 0 Å². The molecule has 0 heterocycles. The SMILES string of the molecule is COC(=O)[C@H](C)Br. The fraction of sp³-hybridized carbons (Fsp3) is 0.750. The Morgan fingerprint density at radius 2 is 2.29 bits per heavy atom. The van der Waals surface area contributed by atoms with E-state index in [0.29, 0.717) is 0 Å². The van der Waals surface area contributed by atoms with Crippen LogP contribution >= 0.6 is 15.9 Å². The van der Waals surface area contributed by atoms with E-state index in [-0.39, 0.29) is 10.8 Å². The zero-order chi connectivity index (χ0) is 5.86. The van der Waals surface area contributed by atoms with Gasteiger partial charge in [-0.2, -0.15) is 0 Å². The van der Waals surface area contributed by atoms with Crippen LogP contribution in [0.4, 0.5) is 0 Å². The summed E-state index contributed by atoms with van der Waals surface area (Å²) in [5.41, 5.74) is 0. The van der Waals surface area contributed by atoms with Gasteiger partial charge in [-0.1, -0.05) is 15.9 Å². The quantitative estimate of drug-likeness (QED) is 0.429. The molecule has 0 aromatic rings. The lowest BCUT2D eigenvalue weighted by molar-refractivity contribution is -0.139. The molecule has 0 radical (unpaired) electrons. The number of carbonyl (C=O) groups excluding carboxylic acids is 1. The fourth-order valence-electron chi connectivity index (χ4n) is 0.162. The molecule has 7 heavy (non-hydrogen) atoms. The Kier molecular flexibility index (Phi) is 3.00. The Morgan fingerprint density at radius 3 is 2.29 bits per heavy atom. The normalized spacial score (nSPS) is 13.0. The zero-order valence-corrected chi connectivity index (χ0v) is 5.86. The molecule has 0 spiro atoms. The summed E-state index contributed by atoms with van der Waals surface area (Å²) in [6.07, 6.45) is 0. The topological polar surface area (TPSA) is 26.3 Å². The van der Waals surface area contributed by atoms with Gasteiger partial charge in [0.25, 0.3) is 0 Å². The lowest BCUT2D eigenvalue weighted by atomic mass is 10.5. The van der Waals surface area contributed by atoms with Gasteiger partial charge < -0.3 is 4.74 Å². The van der Waals surface area contributed by atoms with Crippen molar-refractivity contribution in [3.8, 4) is 0 Å². The number of ether oxygens (including phenoxy) is 1. The minimum atomic E-state index is -0.236. The van der Waals surface area contributed by atoms with E-state index >= 15 is 0 Å². The summed E-state index contributed by atoms with van der Waals surface area (Å²) >= 11 is 3.03. The first kappa shape index (κ1) is 6.95. The van der Waals surface area contributed by atoms with Gasteiger partial charge in [0, 0.05) is 0 Å². The van der Waals surface area contributed by atoms with Crippen LogP contribution in [-0.2, 0) is 9.53 Å². The van der Waals surface area contributed by atoms with Crippen LogP contribution in [0.1, 0.15) is 6.92 Å². The molecule has 0 N–H and O–H groups in total. The van der Waals surface area contributed by atoms with Gasteiger partial charge in [-0.15, -0.1) is 0 Å². The molecule has 0 saturated heterocycles. The third-order valence-electron chi connectivity index (χ3n) is 0.526. The highest BCUT2D eigenvalue weighted by Gasteiger charge is 2.05. The zero-order valence-electron chi connectivity index (χ0n) is 4.27. The summed E-state index contributed by atoms with van der Waals surface area (Å²) < 4.78 is 4.33. The minimum Gasteiger partial charge on any atom is -0.468 e. The van der Waals surface area contributed by atoms with E-state index in [4.69, 9.17) is 0 Å². The largest absolute Gasteiger partial charge is 0.468 e. The maximum Gasteiger partial charge on any atom is 0.319 e. The molecule has 0 saturated carbocycles. The number of alkyl halides is 1. The summed E-state index contributed by atoms with van der Waals surface area (Å²) in [7, 11) is 1.36. The van der Waals surface area contributed by atoms with Crippen LogP contribution in [0.15, 0.2) is 0 Å². The molecule has 0 aromatic heterocycles. The number of esters is 1.